The summed E-state index contributed by atoms with van der Waals surface area (Å²) in [6, 6.07) is 15.6. The number of fused-ring (bicyclic) bond motifs is 1. The maximum Gasteiger partial charge on any atom is 0.191 e. The van der Waals surface area contributed by atoms with Crippen LogP contribution in [0.5, 0.6) is 0 Å². The Bertz CT molecular complexity index is 795. The number of aliphatic imine (C=N–C) groups is 1. The van der Waals surface area contributed by atoms with Crippen molar-refractivity contribution >= 4 is 5.96 Å². The molecule has 2 aliphatic carbocycles. The van der Waals surface area contributed by atoms with E-state index in [1.54, 1.807) is 19.2 Å². The third kappa shape index (κ3) is 3.26. The molecule has 1 fully saturated rings. The Morgan fingerprint density at radius 2 is 2.00 bits per heavy atom. The zero-order valence-electron chi connectivity index (χ0n) is 14.6. The van der Waals surface area contributed by atoms with Gasteiger partial charge < -0.3 is 10.6 Å². The first-order chi connectivity index (χ1) is 12.2. The monoisotopic (exact) mass is 337 g/mol. The predicted octanol–water partition coefficient (Wildman–Crippen LogP) is 3.36. The second kappa shape index (κ2) is 6.51. The van der Waals surface area contributed by atoms with Gasteiger partial charge in [0.15, 0.2) is 5.96 Å². The van der Waals surface area contributed by atoms with E-state index in [1.807, 2.05) is 6.07 Å². The lowest BCUT2D eigenvalue weighted by atomic mass is 9.78. The molecule has 2 aromatic rings. The van der Waals surface area contributed by atoms with Gasteiger partial charge in [0, 0.05) is 31.5 Å². The lowest BCUT2D eigenvalue weighted by molar-refractivity contribution is 0.575. The molecule has 2 N–H and O–H groups in total. The van der Waals surface area contributed by atoms with E-state index in [2.05, 4.69) is 39.9 Å². The highest BCUT2D eigenvalue weighted by molar-refractivity contribution is 5.80. The van der Waals surface area contributed by atoms with E-state index in [-0.39, 0.29) is 11.2 Å². The molecule has 1 saturated carbocycles. The van der Waals surface area contributed by atoms with Gasteiger partial charge in [0.1, 0.15) is 5.82 Å². The summed E-state index contributed by atoms with van der Waals surface area (Å²) in [5, 5.41) is 6.87. The van der Waals surface area contributed by atoms with Gasteiger partial charge in [-0.1, -0.05) is 36.4 Å². The van der Waals surface area contributed by atoms with Crippen LogP contribution in [0, 0.1) is 5.82 Å². The molecule has 0 heterocycles. The van der Waals surface area contributed by atoms with Crippen molar-refractivity contribution in [3.05, 3.63) is 71.0 Å². The van der Waals surface area contributed by atoms with Crippen LogP contribution in [0.3, 0.4) is 0 Å². The van der Waals surface area contributed by atoms with Gasteiger partial charge in [0.05, 0.1) is 0 Å². The second-order valence-electron chi connectivity index (χ2n) is 7.20. The zero-order valence-corrected chi connectivity index (χ0v) is 14.6. The Morgan fingerprint density at radius 3 is 2.72 bits per heavy atom. The summed E-state index contributed by atoms with van der Waals surface area (Å²) >= 11 is 0. The predicted molar refractivity (Wildman–Crippen MR) is 99.6 cm³/mol. The van der Waals surface area contributed by atoms with Gasteiger partial charge in [0.25, 0.3) is 0 Å². The third-order valence-corrected chi connectivity index (χ3v) is 5.59. The highest BCUT2D eigenvalue weighted by Crippen LogP contribution is 2.47. The first-order valence-electron chi connectivity index (χ1n) is 8.99. The molecular weight excluding hydrogens is 313 g/mol. The van der Waals surface area contributed by atoms with E-state index in [1.165, 1.54) is 17.2 Å². The largest absolute Gasteiger partial charge is 0.356 e. The fourth-order valence-corrected chi connectivity index (χ4v) is 3.77. The van der Waals surface area contributed by atoms with Gasteiger partial charge in [-0.25, -0.2) is 4.39 Å². The van der Waals surface area contributed by atoms with E-state index in [0.717, 1.165) is 43.9 Å². The van der Waals surface area contributed by atoms with Crippen molar-refractivity contribution in [2.45, 2.75) is 30.6 Å². The topological polar surface area (TPSA) is 36.4 Å². The number of hydrogen-bond donors (Lipinski definition) is 2. The lowest BCUT2D eigenvalue weighted by Crippen LogP contribution is -2.43. The number of guanidine groups is 1. The average Bonchev–Trinajstić information content (AvgIpc) is 3.39. The SMILES string of the molecule is CN=C(NCC1Cc2ccccc21)NCC1(c2cccc(F)c2)CC1. The van der Waals surface area contributed by atoms with Gasteiger partial charge in [-0.15, -0.1) is 0 Å². The van der Waals surface area contributed by atoms with Crippen molar-refractivity contribution in [3.63, 3.8) is 0 Å². The van der Waals surface area contributed by atoms with Gasteiger partial charge in [-0.3, -0.25) is 4.99 Å². The van der Waals surface area contributed by atoms with E-state index in [0.29, 0.717) is 5.92 Å². The number of nitrogens with zero attached hydrogens (tertiary/aromatic N) is 1. The van der Waals surface area contributed by atoms with Crippen molar-refractivity contribution in [2.24, 2.45) is 4.99 Å². The molecule has 0 aliphatic heterocycles. The van der Waals surface area contributed by atoms with Crippen molar-refractivity contribution in [2.75, 3.05) is 20.1 Å². The summed E-state index contributed by atoms with van der Waals surface area (Å²) in [6.07, 6.45) is 3.32. The molecule has 2 aliphatic rings. The summed E-state index contributed by atoms with van der Waals surface area (Å²) in [5.41, 5.74) is 4.05. The molecule has 3 nitrogen and oxygen atoms in total. The van der Waals surface area contributed by atoms with Crippen LogP contribution in [0.2, 0.25) is 0 Å². The van der Waals surface area contributed by atoms with Crippen LogP contribution in [0.25, 0.3) is 0 Å². The van der Waals surface area contributed by atoms with Crippen molar-refractivity contribution in [1.29, 1.82) is 0 Å². The highest BCUT2D eigenvalue weighted by Gasteiger charge is 2.44. The minimum Gasteiger partial charge on any atom is -0.356 e. The number of rotatable bonds is 5. The standard InChI is InChI=1S/C21H24FN3/c1-23-20(24-13-16-11-15-5-2-3-8-19(15)16)25-14-21(9-10-21)17-6-4-7-18(22)12-17/h2-8,12,16H,9-11,13-14H2,1H3,(H2,23,24,25). The number of halogens is 1. The van der Waals surface area contributed by atoms with Crippen molar-refractivity contribution < 1.29 is 4.39 Å². The smallest absolute Gasteiger partial charge is 0.191 e. The minimum absolute atomic E-state index is 0.0583. The van der Waals surface area contributed by atoms with E-state index >= 15 is 0 Å². The zero-order chi connectivity index (χ0) is 17.3. The highest BCUT2D eigenvalue weighted by atomic mass is 19.1. The molecule has 0 spiro atoms. The summed E-state index contributed by atoms with van der Waals surface area (Å²) < 4.78 is 13.5. The van der Waals surface area contributed by atoms with Gasteiger partial charge in [0.2, 0.25) is 0 Å². The van der Waals surface area contributed by atoms with E-state index in [4.69, 9.17) is 0 Å². The van der Waals surface area contributed by atoms with Gasteiger partial charge >= 0.3 is 0 Å². The molecule has 4 rings (SSSR count). The minimum atomic E-state index is -0.157. The quantitative estimate of drug-likeness (QED) is 0.648. The average molecular weight is 337 g/mol. The number of hydrogen-bond acceptors (Lipinski definition) is 1. The summed E-state index contributed by atoms with van der Waals surface area (Å²) in [4.78, 5) is 4.34. The van der Waals surface area contributed by atoms with Crippen LogP contribution in [0.4, 0.5) is 4.39 Å². The van der Waals surface area contributed by atoms with Crippen LogP contribution >= 0.6 is 0 Å². The number of nitrogens with one attached hydrogen (secondary N) is 2. The maximum absolute atomic E-state index is 13.5. The molecule has 4 heteroatoms. The molecule has 0 aromatic heterocycles. The van der Waals surface area contributed by atoms with Crippen molar-refractivity contribution in [3.8, 4) is 0 Å². The molecule has 0 radical (unpaired) electrons. The van der Waals surface area contributed by atoms with Crippen LogP contribution < -0.4 is 10.6 Å². The molecule has 0 amide bonds. The first kappa shape index (κ1) is 16.1. The molecule has 25 heavy (non-hydrogen) atoms. The fourth-order valence-electron chi connectivity index (χ4n) is 3.77. The molecule has 0 saturated heterocycles. The summed E-state index contributed by atoms with van der Waals surface area (Å²) in [6.45, 7) is 1.68. The Morgan fingerprint density at radius 1 is 1.16 bits per heavy atom. The molecule has 2 aromatic carbocycles. The number of benzene rings is 2. The molecule has 130 valence electrons. The summed E-state index contributed by atoms with van der Waals surface area (Å²) in [5.74, 6) is 1.23. The van der Waals surface area contributed by atoms with Crippen LogP contribution in [-0.2, 0) is 11.8 Å². The lowest BCUT2D eigenvalue weighted by Gasteiger charge is -2.31. The third-order valence-electron chi connectivity index (χ3n) is 5.59. The Hall–Kier alpha value is -2.36. The fraction of sp³-hybridized carbons (Fsp3) is 0.381. The Balaban J connectivity index is 1.31. The van der Waals surface area contributed by atoms with Gasteiger partial charge in [-0.2, -0.15) is 0 Å². The van der Waals surface area contributed by atoms with Crippen molar-refractivity contribution in [1.82, 2.24) is 10.6 Å². The summed E-state index contributed by atoms with van der Waals surface area (Å²) in [7, 11) is 1.80. The molecule has 0 bridgehead atoms. The molecular formula is C21H24FN3. The Kier molecular flexibility index (Phi) is 4.20. The van der Waals surface area contributed by atoms with Crippen LogP contribution in [0.15, 0.2) is 53.5 Å². The normalized spacial score (nSPS) is 20.4. The Labute approximate surface area is 148 Å². The van der Waals surface area contributed by atoms with Gasteiger partial charge in [-0.05, 0) is 48.1 Å². The first-order valence-corrected chi connectivity index (χ1v) is 8.99. The van der Waals surface area contributed by atoms with Crippen LogP contribution in [0.1, 0.15) is 35.4 Å². The maximum atomic E-state index is 13.5. The molecule has 1 unspecified atom stereocenters. The van der Waals surface area contributed by atoms with Crippen LogP contribution in [-0.4, -0.2) is 26.1 Å². The second-order valence-corrected chi connectivity index (χ2v) is 7.20. The molecule has 1 atom stereocenters. The van der Waals surface area contributed by atoms with E-state index < -0.39 is 0 Å². The van der Waals surface area contributed by atoms with E-state index in [9.17, 15) is 4.39 Å².